The van der Waals surface area contributed by atoms with E-state index in [1.165, 1.54) is 10.6 Å². The zero-order valence-corrected chi connectivity index (χ0v) is 14.4. The lowest BCUT2D eigenvalue weighted by atomic mass is 10.2. The fraction of sp³-hybridized carbons (Fsp3) is 0.167. The minimum absolute atomic E-state index is 0.710. The average molecular weight is 336 g/mol. The first kappa shape index (κ1) is 15.0. The van der Waals surface area contributed by atoms with Crippen LogP contribution >= 0.6 is 11.8 Å². The predicted octanol–water partition coefficient (Wildman–Crippen LogP) is 3.12. The van der Waals surface area contributed by atoms with Gasteiger partial charge in [0.25, 0.3) is 5.82 Å². The molecule has 0 unspecified atom stereocenters. The van der Waals surface area contributed by atoms with E-state index in [9.17, 15) is 0 Å². The van der Waals surface area contributed by atoms with Crippen LogP contribution in [-0.4, -0.2) is 21.0 Å². The second kappa shape index (κ2) is 6.13. The van der Waals surface area contributed by atoms with E-state index in [4.69, 9.17) is 10.2 Å². The zero-order valence-electron chi connectivity index (χ0n) is 13.6. The number of para-hydroxylation sites is 1. The zero-order chi connectivity index (χ0) is 16.5. The fourth-order valence-electron chi connectivity index (χ4n) is 2.58. The molecule has 5 nitrogen and oxygen atoms in total. The summed E-state index contributed by atoms with van der Waals surface area (Å²) in [5, 5.41) is 11.7. The summed E-state index contributed by atoms with van der Waals surface area (Å²) in [4.78, 5) is 5.02. The number of nitrogens with zero attached hydrogens (tertiary/aromatic N) is 5. The first-order valence-corrected chi connectivity index (χ1v) is 8.81. The predicted molar refractivity (Wildman–Crippen MR) is 96.0 cm³/mol. The van der Waals surface area contributed by atoms with Crippen LogP contribution in [0.3, 0.4) is 0 Å². The number of tetrazole rings is 1. The van der Waals surface area contributed by atoms with Crippen LogP contribution in [0, 0.1) is 0 Å². The smallest absolute Gasteiger partial charge is 0.153 e. The van der Waals surface area contributed by atoms with Crippen LogP contribution in [0.1, 0.15) is 13.8 Å². The summed E-state index contributed by atoms with van der Waals surface area (Å²) in [6.45, 7) is 4.26. The topological polar surface area (TPSA) is 37.8 Å². The Morgan fingerprint density at radius 3 is 2.25 bits per heavy atom. The third-order valence-electron chi connectivity index (χ3n) is 4.08. The molecular weight excluding hydrogens is 318 g/mol. The highest BCUT2D eigenvalue weighted by Gasteiger charge is 2.31. The van der Waals surface area contributed by atoms with Gasteiger partial charge in [0, 0.05) is 15.6 Å². The quantitative estimate of drug-likeness (QED) is 0.689. The van der Waals surface area contributed by atoms with E-state index in [0.29, 0.717) is 5.82 Å². The third-order valence-corrected chi connectivity index (χ3v) is 5.18. The van der Waals surface area contributed by atoms with Gasteiger partial charge in [-0.2, -0.15) is 5.01 Å². The molecular formula is C18H18N5S+. The molecule has 0 N–H and O–H groups in total. The molecule has 0 spiro atoms. The molecule has 120 valence electrons. The fourth-order valence-corrected chi connectivity index (χ4v) is 3.51. The van der Waals surface area contributed by atoms with Crippen molar-refractivity contribution in [2.75, 3.05) is 10.9 Å². The van der Waals surface area contributed by atoms with Gasteiger partial charge in [-0.3, -0.25) is 0 Å². The molecule has 0 atom stereocenters. The van der Waals surface area contributed by atoms with Crippen LogP contribution in [0.4, 0.5) is 0 Å². The highest BCUT2D eigenvalue weighted by atomic mass is 32.2. The van der Waals surface area contributed by atoms with E-state index in [1.807, 2.05) is 82.1 Å². The number of allylic oxidation sites excluding steroid dienone is 2. The lowest BCUT2D eigenvalue weighted by Gasteiger charge is -2.11. The summed E-state index contributed by atoms with van der Waals surface area (Å²) in [6.07, 6.45) is 0. The molecule has 2 aromatic carbocycles. The third kappa shape index (κ3) is 2.59. The SMILES string of the molecule is CC1=C(C)N(n2nc(-c3ccccc3)n[n+]2-c2ccccc2)CS1. The van der Waals surface area contributed by atoms with Crippen molar-refractivity contribution in [3.8, 4) is 17.1 Å². The van der Waals surface area contributed by atoms with Gasteiger partial charge in [0.2, 0.25) is 0 Å². The van der Waals surface area contributed by atoms with Gasteiger partial charge >= 0.3 is 0 Å². The van der Waals surface area contributed by atoms with Crippen LogP contribution in [0.2, 0.25) is 0 Å². The Morgan fingerprint density at radius 2 is 1.62 bits per heavy atom. The Morgan fingerprint density at radius 1 is 0.958 bits per heavy atom. The van der Waals surface area contributed by atoms with Gasteiger partial charge in [-0.15, -0.1) is 0 Å². The molecule has 0 bridgehead atoms. The van der Waals surface area contributed by atoms with Crippen LogP contribution in [0.5, 0.6) is 0 Å². The van der Waals surface area contributed by atoms with Crippen molar-refractivity contribution in [1.29, 1.82) is 0 Å². The summed E-state index contributed by atoms with van der Waals surface area (Å²) >= 11 is 1.82. The van der Waals surface area contributed by atoms with Gasteiger partial charge in [-0.1, -0.05) is 48.2 Å². The maximum Gasteiger partial charge on any atom is 0.297 e. The lowest BCUT2D eigenvalue weighted by molar-refractivity contribution is -0.743. The van der Waals surface area contributed by atoms with Crippen molar-refractivity contribution in [1.82, 2.24) is 15.1 Å². The minimum atomic E-state index is 0.710. The van der Waals surface area contributed by atoms with Crippen LogP contribution in [0.25, 0.3) is 17.1 Å². The molecule has 2 heterocycles. The van der Waals surface area contributed by atoms with Gasteiger partial charge in [-0.05, 0) is 48.0 Å². The maximum atomic E-state index is 4.77. The van der Waals surface area contributed by atoms with Crippen LogP contribution in [-0.2, 0) is 0 Å². The Kier molecular flexibility index (Phi) is 3.82. The normalized spacial score (nSPS) is 14.5. The minimum Gasteiger partial charge on any atom is -0.153 e. The number of hydrogen-bond donors (Lipinski definition) is 0. The first-order chi connectivity index (χ1) is 11.7. The summed E-state index contributed by atoms with van der Waals surface area (Å²) in [5.74, 6) is 1.55. The highest BCUT2D eigenvalue weighted by Crippen LogP contribution is 2.29. The van der Waals surface area contributed by atoms with Gasteiger partial charge < -0.3 is 0 Å². The summed E-state index contributed by atoms with van der Waals surface area (Å²) in [6, 6.07) is 20.2. The first-order valence-electron chi connectivity index (χ1n) is 7.82. The van der Waals surface area contributed by atoms with E-state index in [0.717, 1.165) is 17.1 Å². The van der Waals surface area contributed by atoms with Crippen LogP contribution < -0.4 is 9.81 Å². The van der Waals surface area contributed by atoms with Crippen molar-refractivity contribution in [2.24, 2.45) is 0 Å². The Bertz CT molecular complexity index is 886. The van der Waals surface area contributed by atoms with Gasteiger partial charge in [0.1, 0.15) is 11.6 Å². The van der Waals surface area contributed by atoms with Crippen molar-refractivity contribution in [2.45, 2.75) is 13.8 Å². The van der Waals surface area contributed by atoms with Gasteiger partial charge in [0.05, 0.1) is 4.91 Å². The van der Waals surface area contributed by atoms with Crippen molar-refractivity contribution in [3.63, 3.8) is 0 Å². The molecule has 0 amide bonds. The molecule has 6 heteroatoms. The van der Waals surface area contributed by atoms with E-state index < -0.39 is 0 Å². The van der Waals surface area contributed by atoms with Crippen molar-refractivity contribution >= 4 is 11.8 Å². The van der Waals surface area contributed by atoms with Crippen molar-refractivity contribution < 1.29 is 4.80 Å². The molecule has 0 radical (unpaired) electrons. The molecule has 0 fully saturated rings. The van der Waals surface area contributed by atoms with Crippen LogP contribution in [0.15, 0.2) is 71.3 Å². The molecule has 4 rings (SSSR count). The summed E-state index contributed by atoms with van der Waals surface area (Å²) in [5.41, 5.74) is 3.19. The second-order valence-corrected chi connectivity index (χ2v) is 6.76. The largest absolute Gasteiger partial charge is 0.297 e. The molecule has 24 heavy (non-hydrogen) atoms. The average Bonchev–Trinajstić information content (AvgIpc) is 3.21. The lowest BCUT2D eigenvalue weighted by Crippen LogP contribution is -2.52. The Labute approximate surface area is 145 Å². The van der Waals surface area contributed by atoms with E-state index in [-0.39, 0.29) is 0 Å². The number of aromatic nitrogens is 4. The molecule has 1 aliphatic rings. The maximum absolute atomic E-state index is 4.77. The Balaban J connectivity index is 1.87. The molecule has 1 aromatic heterocycles. The molecule has 1 aliphatic heterocycles. The molecule has 0 saturated carbocycles. The van der Waals surface area contributed by atoms with E-state index in [1.54, 1.807) is 0 Å². The standard InChI is InChI=1S/C18H18N5S/c1-14-15(2)24-13-21(14)23-20-18(16-9-5-3-6-10-16)19-22(23)17-11-7-4-8-12-17/h3-12H,13H2,1-2H3/q+1. The summed E-state index contributed by atoms with van der Waals surface area (Å²) in [7, 11) is 0. The molecule has 3 aromatic rings. The number of benzene rings is 2. The number of rotatable bonds is 3. The second-order valence-electron chi connectivity index (χ2n) is 5.60. The summed E-state index contributed by atoms with van der Waals surface area (Å²) < 4.78 is 0. The number of hydrogen-bond acceptors (Lipinski definition) is 4. The molecule has 0 aliphatic carbocycles. The Hall–Kier alpha value is -2.60. The monoisotopic (exact) mass is 336 g/mol. The van der Waals surface area contributed by atoms with Crippen molar-refractivity contribution in [3.05, 3.63) is 71.3 Å². The number of thioether (sulfide) groups is 1. The molecule has 0 saturated heterocycles. The van der Waals surface area contributed by atoms with Gasteiger partial charge in [-0.25, -0.2) is 0 Å². The van der Waals surface area contributed by atoms with Gasteiger partial charge in [0.15, 0.2) is 5.69 Å². The van der Waals surface area contributed by atoms with E-state index in [2.05, 4.69) is 18.9 Å². The highest BCUT2D eigenvalue weighted by molar-refractivity contribution is 8.03. The van der Waals surface area contributed by atoms with E-state index >= 15 is 0 Å².